The minimum atomic E-state index is 0.0960. The van der Waals surface area contributed by atoms with Crippen molar-refractivity contribution < 1.29 is 4.79 Å². The van der Waals surface area contributed by atoms with Crippen LogP contribution in [-0.4, -0.2) is 24.1 Å². The number of carbonyl (C=O) groups is 1. The molecule has 0 aliphatic rings. The highest BCUT2D eigenvalue weighted by Gasteiger charge is 2.11. The molecule has 0 atom stereocenters. The van der Waals surface area contributed by atoms with Crippen LogP contribution in [0.25, 0.3) is 0 Å². The third-order valence-electron chi connectivity index (χ3n) is 3.18. The van der Waals surface area contributed by atoms with Crippen LogP contribution in [0, 0.1) is 13.8 Å². The molecule has 0 radical (unpaired) electrons. The predicted octanol–water partition coefficient (Wildman–Crippen LogP) is 1.91. The second-order valence-corrected chi connectivity index (χ2v) is 4.99. The molecule has 0 saturated carbocycles. The van der Waals surface area contributed by atoms with Crippen molar-refractivity contribution in [2.45, 2.75) is 46.7 Å². The van der Waals surface area contributed by atoms with Crippen molar-refractivity contribution in [1.29, 1.82) is 0 Å². The molecule has 1 aromatic heterocycles. The topological polar surface area (TPSA) is 46.1 Å². The Morgan fingerprint density at radius 3 is 2.56 bits per heavy atom. The monoisotopic (exact) mass is 251 g/mol. The number of nitrogens with zero attached hydrogens (tertiary/aromatic N) is 1. The molecule has 4 heteroatoms. The lowest BCUT2D eigenvalue weighted by molar-refractivity contribution is -0.121. The van der Waals surface area contributed by atoms with E-state index in [0.29, 0.717) is 19.0 Å². The Morgan fingerprint density at radius 2 is 2.06 bits per heavy atom. The maximum Gasteiger partial charge on any atom is 0.221 e. The van der Waals surface area contributed by atoms with Crippen molar-refractivity contribution >= 4 is 5.91 Å². The molecule has 1 aromatic rings. The largest absolute Gasteiger partial charge is 0.352 e. The molecule has 2 N–H and O–H groups in total. The van der Waals surface area contributed by atoms with Crippen molar-refractivity contribution in [3.8, 4) is 0 Å². The first kappa shape index (κ1) is 14.8. The molecular formula is C14H25N3O. The van der Waals surface area contributed by atoms with Gasteiger partial charge in [0, 0.05) is 36.9 Å². The van der Waals surface area contributed by atoms with E-state index in [-0.39, 0.29) is 5.91 Å². The first-order valence-corrected chi connectivity index (χ1v) is 6.56. The fraction of sp³-hybridized carbons (Fsp3) is 0.643. The minimum Gasteiger partial charge on any atom is -0.352 e. The maximum atomic E-state index is 11.6. The van der Waals surface area contributed by atoms with E-state index in [1.165, 1.54) is 17.0 Å². The summed E-state index contributed by atoms with van der Waals surface area (Å²) >= 11 is 0. The Kier molecular flexibility index (Phi) is 5.41. The van der Waals surface area contributed by atoms with E-state index in [4.69, 9.17) is 0 Å². The summed E-state index contributed by atoms with van der Waals surface area (Å²) in [5.74, 6) is 0.0960. The van der Waals surface area contributed by atoms with Crippen LogP contribution in [0.15, 0.2) is 6.07 Å². The molecule has 0 aliphatic carbocycles. The smallest absolute Gasteiger partial charge is 0.221 e. The van der Waals surface area contributed by atoms with Gasteiger partial charge in [0.05, 0.1) is 0 Å². The van der Waals surface area contributed by atoms with Gasteiger partial charge >= 0.3 is 0 Å². The standard InChI is InChI=1S/C14H25N3O/c1-10(2)17-11(3)8-13(12(17)4)9-16-14(18)6-7-15-5/h8,10,15H,6-7,9H2,1-5H3,(H,16,18). The summed E-state index contributed by atoms with van der Waals surface area (Å²) in [6.45, 7) is 9.91. The molecular weight excluding hydrogens is 226 g/mol. The Bertz CT molecular complexity index is 407. The molecule has 4 nitrogen and oxygen atoms in total. The molecule has 0 aliphatic heterocycles. The highest BCUT2D eigenvalue weighted by molar-refractivity contribution is 5.76. The molecule has 0 aromatic carbocycles. The van der Waals surface area contributed by atoms with Crippen molar-refractivity contribution in [3.05, 3.63) is 23.0 Å². The number of amides is 1. The highest BCUT2D eigenvalue weighted by Crippen LogP contribution is 2.19. The quantitative estimate of drug-likeness (QED) is 0.811. The fourth-order valence-corrected chi connectivity index (χ4v) is 2.34. The molecule has 1 heterocycles. The Hall–Kier alpha value is -1.29. The number of aryl methyl sites for hydroxylation is 1. The summed E-state index contributed by atoms with van der Waals surface area (Å²) in [6.07, 6.45) is 0.527. The van der Waals surface area contributed by atoms with Gasteiger partial charge in [-0.2, -0.15) is 0 Å². The van der Waals surface area contributed by atoms with Gasteiger partial charge in [0.2, 0.25) is 5.91 Å². The summed E-state index contributed by atoms with van der Waals surface area (Å²) in [6, 6.07) is 2.62. The van der Waals surface area contributed by atoms with Gasteiger partial charge in [-0.15, -0.1) is 0 Å². The van der Waals surface area contributed by atoms with Crippen LogP contribution in [0.1, 0.15) is 43.3 Å². The Labute approximate surface area is 110 Å². The SMILES string of the molecule is CNCCC(=O)NCc1cc(C)n(C(C)C)c1C. The number of nitrogens with one attached hydrogen (secondary N) is 2. The molecule has 102 valence electrons. The number of carbonyl (C=O) groups excluding carboxylic acids is 1. The van der Waals surface area contributed by atoms with E-state index in [1.54, 1.807) is 0 Å². The zero-order chi connectivity index (χ0) is 13.7. The normalized spacial score (nSPS) is 11.0. The Morgan fingerprint density at radius 1 is 1.39 bits per heavy atom. The van der Waals surface area contributed by atoms with Gasteiger partial charge in [-0.1, -0.05) is 0 Å². The number of aromatic nitrogens is 1. The van der Waals surface area contributed by atoms with E-state index >= 15 is 0 Å². The van der Waals surface area contributed by atoms with E-state index in [9.17, 15) is 4.79 Å². The van der Waals surface area contributed by atoms with E-state index in [1.807, 2.05) is 7.05 Å². The number of hydrogen-bond donors (Lipinski definition) is 2. The van der Waals surface area contributed by atoms with Gasteiger partial charge in [-0.05, 0) is 46.4 Å². The van der Waals surface area contributed by atoms with Crippen LogP contribution >= 0.6 is 0 Å². The van der Waals surface area contributed by atoms with Crippen LogP contribution < -0.4 is 10.6 Å². The summed E-state index contributed by atoms with van der Waals surface area (Å²) in [5, 5.41) is 5.93. The molecule has 0 unspecified atom stereocenters. The lowest BCUT2D eigenvalue weighted by Gasteiger charge is -2.14. The number of hydrogen-bond acceptors (Lipinski definition) is 2. The van der Waals surface area contributed by atoms with Crippen LogP contribution in [-0.2, 0) is 11.3 Å². The molecule has 18 heavy (non-hydrogen) atoms. The van der Waals surface area contributed by atoms with Crippen molar-refractivity contribution in [3.63, 3.8) is 0 Å². The summed E-state index contributed by atoms with van der Waals surface area (Å²) in [5.41, 5.74) is 3.71. The summed E-state index contributed by atoms with van der Waals surface area (Å²) < 4.78 is 2.30. The summed E-state index contributed by atoms with van der Waals surface area (Å²) in [7, 11) is 1.85. The lowest BCUT2D eigenvalue weighted by Crippen LogP contribution is -2.26. The van der Waals surface area contributed by atoms with Gasteiger partial charge < -0.3 is 15.2 Å². The predicted molar refractivity (Wildman–Crippen MR) is 74.7 cm³/mol. The van der Waals surface area contributed by atoms with Crippen molar-refractivity contribution in [2.75, 3.05) is 13.6 Å². The molecule has 0 spiro atoms. The molecule has 0 fully saturated rings. The Balaban J connectivity index is 2.63. The molecule has 0 saturated heterocycles. The first-order valence-electron chi connectivity index (χ1n) is 6.56. The molecule has 0 bridgehead atoms. The van der Waals surface area contributed by atoms with Crippen molar-refractivity contribution in [1.82, 2.24) is 15.2 Å². The zero-order valence-corrected chi connectivity index (χ0v) is 12.1. The van der Waals surface area contributed by atoms with E-state index in [2.05, 4.69) is 49.0 Å². The van der Waals surface area contributed by atoms with Crippen LogP contribution in [0.2, 0.25) is 0 Å². The third-order valence-corrected chi connectivity index (χ3v) is 3.18. The second kappa shape index (κ2) is 6.59. The fourth-order valence-electron chi connectivity index (χ4n) is 2.34. The average Bonchev–Trinajstić information content (AvgIpc) is 2.58. The van der Waals surface area contributed by atoms with Gasteiger partial charge in [0.15, 0.2) is 0 Å². The zero-order valence-electron chi connectivity index (χ0n) is 12.1. The maximum absolute atomic E-state index is 11.6. The lowest BCUT2D eigenvalue weighted by atomic mass is 10.2. The van der Waals surface area contributed by atoms with Crippen LogP contribution in [0.3, 0.4) is 0 Å². The minimum absolute atomic E-state index is 0.0960. The van der Waals surface area contributed by atoms with Gasteiger partial charge in [0.1, 0.15) is 0 Å². The second-order valence-electron chi connectivity index (χ2n) is 4.99. The van der Waals surface area contributed by atoms with E-state index < -0.39 is 0 Å². The highest BCUT2D eigenvalue weighted by atomic mass is 16.1. The average molecular weight is 251 g/mol. The molecule has 1 amide bonds. The third kappa shape index (κ3) is 3.60. The van der Waals surface area contributed by atoms with E-state index in [0.717, 1.165) is 6.54 Å². The van der Waals surface area contributed by atoms with Gasteiger partial charge in [-0.25, -0.2) is 0 Å². The summed E-state index contributed by atoms with van der Waals surface area (Å²) in [4.78, 5) is 11.6. The molecule has 1 rings (SSSR count). The van der Waals surface area contributed by atoms with Crippen molar-refractivity contribution in [2.24, 2.45) is 0 Å². The van der Waals surface area contributed by atoms with Crippen LogP contribution in [0.5, 0.6) is 0 Å². The van der Waals surface area contributed by atoms with Gasteiger partial charge in [-0.3, -0.25) is 4.79 Å². The van der Waals surface area contributed by atoms with Crippen LogP contribution in [0.4, 0.5) is 0 Å². The first-order chi connectivity index (χ1) is 8.47. The number of rotatable bonds is 6. The van der Waals surface area contributed by atoms with Gasteiger partial charge in [0.25, 0.3) is 0 Å².